The Labute approximate surface area is 155 Å². The van der Waals surface area contributed by atoms with E-state index in [9.17, 15) is 18.4 Å². The maximum absolute atomic E-state index is 13.1. The molecule has 138 valence electrons. The molecule has 0 heterocycles. The summed E-state index contributed by atoms with van der Waals surface area (Å²) >= 11 is 5.84. The minimum absolute atomic E-state index is 0.0548. The molecule has 0 aliphatic carbocycles. The molecule has 1 N–H and O–H groups in total. The maximum atomic E-state index is 13.1. The van der Waals surface area contributed by atoms with Crippen molar-refractivity contribution < 1.29 is 18.4 Å². The van der Waals surface area contributed by atoms with Crippen molar-refractivity contribution in [1.82, 2.24) is 4.90 Å². The first kappa shape index (κ1) is 19.8. The molecule has 0 fully saturated rings. The molecular weight excluding hydrogens is 362 g/mol. The van der Waals surface area contributed by atoms with Crippen LogP contribution in [0.25, 0.3) is 0 Å². The average molecular weight is 381 g/mol. The van der Waals surface area contributed by atoms with Gasteiger partial charge in [0.2, 0.25) is 11.8 Å². The summed E-state index contributed by atoms with van der Waals surface area (Å²) in [6.07, 6.45) is 0.695. The third-order valence-electron chi connectivity index (χ3n) is 3.84. The van der Waals surface area contributed by atoms with E-state index in [1.165, 1.54) is 13.0 Å². The summed E-state index contributed by atoms with van der Waals surface area (Å²) in [5.74, 6) is -2.53. The van der Waals surface area contributed by atoms with Crippen LogP contribution >= 0.6 is 11.6 Å². The molecule has 2 rings (SSSR count). The molecule has 4 nitrogen and oxygen atoms in total. The predicted octanol–water partition coefficient (Wildman–Crippen LogP) is 4.04. The molecule has 2 aromatic rings. The number of anilines is 1. The summed E-state index contributed by atoms with van der Waals surface area (Å²) in [5, 5.41) is 3.13. The van der Waals surface area contributed by atoms with Crippen LogP contribution in [0.2, 0.25) is 5.02 Å². The molecule has 2 amide bonds. The van der Waals surface area contributed by atoms with Crippen LogP contribution in [0.3, 0.4) is 0 Å². The molecular formula is C19H19ClF2N2O2. The van der Waals surface area contributed by atoms with Crippen LogP contribution < -0.4 is 5.32 Å². The van der Waals surface area contributed by atoms with E-state index in [1.807, 2.05) is 12.1 Å². The molecule has 0 aliphatic rings. The van der Waals surface area contributed by atoms with Crippen molar-refractivity contribution in [2.75, 3.05) is 18.4 Å². The number of benzene rings is 2. The van der Waals surface area contributed by atoms with Crippen molar-refractivity contribution in [3.63, 3.8) is 0 Å². The van der Waals surface area contributed by atoms with Crippen LogP contribution in [-0.4, -0.2) is 29.8 Å². The van der Waals surface area contributed by atoms with E-state index < -0.39 is 11.6 Å². The van der Waals surface area contributed by atoms with E-state index in [1.54, 1.807) is 17.0 Å². The molecule has 0 aliphatic heterocycles. The molecule has 7 heteroatoms. The minimum Gasteiger partial charge on any atom is -0.342 e. The highest BCUT2D eigenvalue weighted by Gasteiger charge is 2.12. The summed E-state index contributed by atoms with van der Waals surface area (Å²) in [5.41, 5.74) is 1.20. The molecule has 0 atom stereocenters. The standard InChI is InChI=1S/C19H19ClF2N2O2/c1-13(25)24(10-8-14-2-4-15(20)5-3-14)11-9-19(26)23-16-6-7-17(21)18(22)12-16/h2-7,12H,8-11H2,1H3,(H,23,26). The zero-order valence-electron chi connectivity index (χ0n) is 14.3. The first-order chi connectivity index (χ1) is 12.3. The molecule has 26 heavy (non-hydrogen) atoms. The molecule has 0 aromatic heterocycles. The fraction of sp³-hybridized carbons (Fsp3) is 0.263. The monoisotopic (exact) mass is 380 g/mol. The third-order valence-corrected chi connectivity index (χ3v) is 4.09. The molecule has 2 aromatic carbocycles. The van der Waals surface area contributed by atoms with Crippen molar-refractivity contribution >= 4 is 29.1 Å². The summed E-state index contributed by atoms with van der Waals surface area (Å²) in [6.45, 7) is 2.14. The lowest BCUT2D eigenvalue weighted by molar-refractivity contribution is -0.129. The van der Waals surface area contributed by atoms with E-state index in [-0.39, 0.29) is 30.5 Å². The SMILES string of the molecule is CC(=O)N(CCC(=O)Nc1ccc(F)c(F)c1)CCc1ccc(Cl)cc1. The van der Waals surface area contributed by atoms with Crippen molar-refractivity contribution in [3.05, 3.63) is 64.7 Å². The minimum atomic E-state index is -1.03. The highest BCUT2D eigenvalue weighted by Crippen LogP contribution is 2.14. The van der Waals surface area contributed by atoms with Gasteiger partial charge < -0.3 is 10.2 Å². The van der Waals surface area contributed by atoms with Gasteiger partial charge in [0.1, 0.15) is 0 Å². The first-order valence-electron chi connectivity index (χ1n) is 8.10. The Bertz CT molecular complexity index is 782. The number of nitrogens with one attached hydrogen (secondary N) is 1. The van der Waals surface area contributed by atoms with Crippen molar-refractivity contribution in [2.45, 2.75) is 19.8 Å². The van der Waals surface area contributed by atoms with Gasteiger partial charge in [-0.15, -0.1) is 0 Å². The van der Waals surface area contributed by atoms with Crippen LogP contribution in [0.1, 0.15) is 18.9 Å². The summed E-state index contributed by atoms with van der Waals surface area (Å²) in [7, 11) is 0. The third kappa shape index (κ3) is 6.11. The topological polar surface area (TPSA) is 49.4 Å². The smallest absolute Gasteiger partial charge is 0.226 e. The number of amides is 2. The highest BCUT2D eigenvalue weighted by molar-refractivity contribution is 6.30. The van der Waals surface area contributed by atoms with Gasteiger partial charge in [0, 0.05) is 43.2 Å². The van der Waals surface area contributed by atoms with Gasteiger partial charge in [0.25, 0.3) is 0 Å². The lowest BCUT2D eigenvalue weighted by Gasteiger charge is -2.21. The zero-order valence-corrected chi connectivity index (χ0v) is 15.0. The second-order valence-corrected chi connectivity index (χ2v) is 6.25. The molecule has 0 saturated carbocycles. The van der Waals surface area contributed by atoms with Gasteiger partial charge in [-0.3, -0.25) is 9.59 Å². The Hall–Kier alpha value is -2.47. The molecule has 0 radical (unpaired) electrons. The fourth-order valence-electron chi connectivity index (χ4n) is 2.38. The fourth-order valence-corrected chi connectivity index (χ4v) is 2.50. The predicted molar refractivity (Wildman–Crippen MR) is 97.0 cm³/mol. The van der Waals surface area contributed by atoms with Crippen molar-refractivity contribution in [3.8, 4) is 0 Å². The number of hydrogen-bond acceptors (Lipinski definition) is 2. The van der Waals surface area contributed by atoms with Gasteiger partial charge in [-0.2, -0.15) is 0 Å². The van der Waals surface area contributed by atoms with Gasteiger partial charge in [0.15, 0.2) is 11.6 Å². The number of nitrogens with zero attached hydrogens (tertiary/aromatic N) is 1. The van der Waals surface area contributed by atoms with Gasteiger partial charge in [0.05, 0.1) is 0 Å². The van der Waals surface area contributed by atoms with Crippen LogP contribution in [-0.2, 0) is 16.0 Å². The molecule has 0 bridgehead atoms. The van der Waals surface area contributed by atoms with Crippen LogP contribution in [0.4, 0.5) is 14.5 Å². The zero-order chi connectivity index (χ0) is 19.1. The summed E-state index contributed by atoms with van der Waals surface area (Å²) in [6, 6.07) is 10.5. The molecule has 0 saturated heterocycles. The normalized spacial score (nSPS) is 10.5. The van der Waals surface area contributed by atoms with Gasteiger partial charge >= 0.3 is 0 Å². The Morgan fingerprint density at radius 1 is 1.04 bits per heavy atom. The second-order valence-electron chi connectivity index (χ2n) is 5.81. The van der Waals surface area contributed by atoms with E-state index in [4.69, 9.17) is 11.6 Å². The quantitative estimate of drug-likeness (QED) is 0.788. The Morgan fingerprint density at radius 2 is 1.73 bits per heavy atom. The van der Waals surface area contributed by atoms with Gasteiger partial charge in [-0.05, 0) is 36.2 Å². The number of hydrogen-bond donors (Lipinski definition) is 1. The second kappa shape index (κ2) is 9.29. The first-order valence-corrected chi connectivity index (χ1v) is 8.48. The Morgan fingerprint density at radius 3 is 2.35 bits per heavy atom. The molecule has 0 unspecified atom stereocenters. The molecule has 0 spiro atoms. The van der Waals surface area contributed by atoms with Crippen molar-refractivity contribution in [2.24, 2.45) is 0 Å². The van der Waals surface area contributed by atoms with Gasteiger partial charge in [-0.1, -0.05) is 23.7 Å². The van der Waals surface area contributed by atoms with Crippen LogP contribution in [0.15, 0.2) is 42.5 Å². The van der Waals surface area contributed by atoms with E-state index in [0.29, 0.717) is 18.0 Å². The number of carbonyl (C=O) groups is 2. The van der Waals surface area contributed by atoms with E-state index >= 15 is 0 Å². The summed E-state index contributed by atoms with van der Waals surface area (Å²) in [4.78, 5) is 25.3. The lowest BCUT2D eigenvalue weighted by Crippen LogP contribution is -2.33. The summed E-state index contributed by atoms with van der Waals surface area (Å²) < 4.78 is 26.0. The van der Waals surface area contributed by atoms with Gasteiger partial charge in [-0.25, -0.2) is 8.78 Å². The van der Waals surface area contributed by atoms with Crippen molar-refractivity contribution in [1.29, 1.82) is 0 Å². The van der Waals surface area contributed by atoms with Crippen LogP contribution in [0, 0.1) is 11.6 Å². The highest BCUT2D eigenvalue weighted by atomic mass is 35.5. The Balaban J connectivity index is 1.84. The lowest BCUT2D eigenvalue weighted by atomic mass is 10.1. The van der Waals surface area contributed by atoms with E-state index in [2.05, 4.69) is 5.32 Å². The number of carbonyl (C=O) groups excluding carboxylic acids is 2. The van der Waals surface area contributed by atoms with E-state index in [0.717, 1.165) is 17.7 Å². The number of rotatable bonds is 7. The average Bonchev–Trinajstić information content (AvgIpc) is 2.59. The maximum Gasteiger partial charge on any atom is 0.226 e. The number of halogens is 3. The van der Waals surface area contributed by atoms with Crippen LogP contribution in [0.5, 0.6) is 0 Å². The largest absolute Gasteiger partial charge is 0.342 e. The Kier molecular flexibility index (Phi) is 7.09.